The van der Waals surface area contributed by atoms with E-state index in [9.17, 15) is 5.11 Å². The Hall–Kier alpha value is -1.29. The van der Waals surface area contributed by atoms with E-state index in [4.69, 9.17) is 4.74 Å². The quantitative estimate of drug-likeness (QED) is 0.740. The summed E-state index contributed by atoms with van der Waals surface area (Å²) in [7, 11) is 0. The third-order valence-electron chi connectivity index (χ3n) is 3.95. The van der Waals surface area contributed by atoms with Crippen LogP contribution in [0.2, 0.25) is 0 Å². The van der Waals surface area contributed by atoms with Gasteiger partial charge >= 0.3 is 0 Å². The summed E-state index contributed by atoms with van der Waals surface area (Å²) in [6, 6.07) is 14.2. The largest absolute Gasteiger partial charge is 0.491 e. The number of aliphatic hydroxyl groups excluding tert-OH is 1. The average Bonchev–Trinajstić information content (AvgIpc) is 2.48. The standard InChI is InChI=1S/C21H31NO2.ClH/c1-20(2,3)15-21(4,5)22-13-18(23)14-24-19-11-10-16-8-6-7-9-17(16)12-19;/h6-12,18,22-23H,13-15H2,1-5H3;1H. The molecule has 140 valence electrons. The van der Waals surface area contributed by atoms with Crippen LogP contribution in [-0.2, 0) is 0 Å². The van der Waals surface area contributed by atoms with Crippen molar-refractivity contribution < 1.29 is 9.84 Å². The summed E-state index contributed by atoms with van der Waals surface area (Å²) in [6.07, 6.45) is 0.508. The van der Waals surface area contributed by atoms with E-state index in [0.717, 1.165) is 17.6 Å². The van der Waals surface area contributed by atoms with Gasteiger partial charge in [-0.25, -0.2) is 0 Å². The molecule has 0 radical (unpaired) electrons. The number of ether oxygens (including phenoxy) is 1. The fourth-order valence-corrected chi connectivity index (χ4v) is 3.29. The molecule has 0 aliphatic carbocycles. The number of hydrogen-bond acceptors (Lipinski definition) is 3. The maximum Gasteiger partial charge on any atom is 0.120 e. The Morgan fingerprint density at radius 1 is 1.00 bits per heavy atom. The summed E-state index contributed by atoms with van der Waals surface area (Å²) in [6.45, 7) is 11.9. The zero-order valence-electron chi connectivity index (χ0n) is 16.0. The molecule has 0 aliphatic heterocycles. The Balaban J connectivity index is 0.00000312. The van der Waals surface area contributed by atoms with Gasteiger partial charge in [-0.15, -0.1) is 12.4 Å². The number of hydrogen-bond donors (Lipinski definition) is 2. The molecule has 2 rings (SSSR count). The summed E-state index contributed by atoms with van der Waals surface area (Å²) in [5.41, 5.74) is 0.241. The lowest BCUT2D eigenvalue weighted by Gasteiger charge is -2.34. The highest BCUT2D eigenvalue weighted by Gasteiger charge is 2.25. The first-order valence-electron chi connectivity index (χ1n) is 8.69. The lowest BCUT2D eigenvalue weighted by atomic mass is 9.82. The van der Waals surface area contributed by atoms with Crippen molar-refractivity contribution in [2.75, 3.05) is 13.2 Å². The molecular formula is C21H32ClNO2. The second-order valence-electron chi connectivity index (χ2n) is 8.48. The lowest BCUT2D eigenvalue weighted by molar-refractivity contribution is 0.0945. The van der Waals surface area contributed by atoms with Crippen LogP contribution >= 0.6 is 12.4 Å². The topological polar surface area (TPSA) is 41.5 Å². The molecule has 0 aromatic heterocycles. The third-order valence-corrected chi connectivity index (χ3v) is 3.95. The van der Waals surface area contributed by atoms with Crippen molar-refractivity contribution in [2.45, 2.75) is 52.7 Å². The Morgan fingerprint density at radius 3 is 2.28 bits per heavy atom. The fraction of sp³-hybridized carbons (Fsp3) is 0.524. The second kappa shape index (κ2) is 8.88. The van der Waals surface area contributed by atoms with Crippen LogP contribution in [0.5, 0.6) is 5.75 Å². The third kappa shape index (κ3) is 7.64. The van der Waals surface area contributed by atoms with E-state index < -0.39 is 6.10 Å². The van der Waals surface area contributed by atoms with Crippen molar-refractivity contribution in [3.05, 3.63) is 42.5 Å². The number of benzene rings is 2. The van der Waals surface area contributed by atoms with Crippen molar-refractivity contribution in [3.8, 4) is 5.75 Å². The second-order valence-corrected chi connectivity index (χ2v) is 8.48. The first-order valence-corrected chi connectivity index (χ1v) is 8.69. The minimum absolute atomic E-state index is 0. The van der Waals surface area contributed by atoms with E-state index >= 15 is 0 Å². The number of aliphatic hydroxyl groups is 1. The molecule has 0 spiro atoms. The van der Waals surface area contributed by atoms with Gasteiger partial charge in [0.25, 0.3) is 0 Å². The Kier molecular flexibility index (Phi) is 7.73. The van der Waals surface area contributed by atoms with E-state index in [1.165, 1.54) is 5.39 Å². The van der Waals surface area contributed by atoms with Crippen molar-refractivity contribution in [1.82, 2.24) is 5.32 Å². The van der Waals surface area contributed by atoms with Crippen LogP contribution in [0.1, 0.15) is 41.0 Å². The van der Waals surface area contributed by atoms with Gasteiger partial charge in [0.05, 0.1) is 0 Å². The Labute approximate surface area is 158 Å². The summed E-state index contributed by atoms with van der Waals surface area (Å²) < 4.78 is 5.75. The molecule has 2 N–H and O–H groups in total. The highest BCUT2D eigenvalue weighted by atomic mass is 35.5. The lowest BCUT2D eigenvalue weighted by Crippen LogP contribution is -2.46. The average molecular weight is 366 g/mol. The Bertz CT molecular complexity index is 664. The molecule has 3 nitrogen and oxygen atoms in total. The van der Waals surface area contributed by atoms with Gasteiger partial charge in [-0.3, -0.25) is 0 Å². The van der Waals surface area contributed by atoms with Crippen LogP contribution in [0.4, 0.5) is 0 Å². The molecular weight excluding hydrogens is 334 g/mol. The van der Waals surface area contributed by atoms with Gasteiger partial charge in [0.15, 0.2) is 0 Å². The van der Waals surface area contributed by atoms with Gasteiger partial charge in [0, 0.05) is 12.1 Å². The maximum absolute atomic E-state index is 10.2. The number of nitrogens with one attached hydrogen (secondary N) is 1. The van der Waals surface area contributed by atoms with E-state index in [1.54, 1.807) is 0 Å². The molecule has 0 fully saturated rings. The molecule has 2 aromatic carbocycles. The van der Waals surface area contributed by atoms with Gasteiger partial charge in [-0.2, -0.15) is 0 Å². The van der Waals surface area contributed by atoms with Gasteiger partial charge in [0.2, 0.25) is 0 Å². The van der Waals surface area contributed by atoms with Crippen molar-refractivity contribution in [1.29, 1.82) is 0 Å². The SMILES string of the molecule is CC(C)(C)CC(C)(C)NCC(O)COc1ccc2ccccc2c1.Cl. The normalized spacial score (nSPS) is 13.4. The maximum atomic E-state index is 10.2. The first-order chi connectivity index (χ1) is 11.1. The van der Waals surface area contributed by atoms with Gasteiger partial charge in [-0.1, -0.05) is 51.1 Å². The molecule has 0 heterocycles. The summed E-state index contributed by atoms with van der Waals surface area (Å²) in [4.78, 5) is 0. The van der Waals surface area contributed by atoms with Gasteiger partial charge < -0.3 is 15.2 Å². The Morgan fingerprint density at radius 2 is 1.64 bits per heavy atom. The summed E-state index contributed by atoms with van der Waals surface area (Å²) >= 11 is 0. The highest BCUT2D eigenvalue weighted by molar-refractivity contribution is 5.85. The molecule has 25 heavy (non-hydrogen) atoms. The van der Waals surface area contributed by atoms with Crippen LogP contribution in [0.15, 0.2) is 42.5 Å². The van der Waals surface area contributed by atoms with Crippen molar-refractivity contribution in [2.24, 2.45) is 5.41 Å². The molecule has 0 bridgehead atoms. The highest BCUT2D eigenvalue weighted by Crippen LogP contribution is 2.26. The number of halogens is 1. The smallest absolute Gasteiger partial charge is 0.120 e. The predicted molar refractivity (Wildman–Crippen MR) is 109 cm³/mol. The number of fused-ring (bicyclic) bond motifs is 1. The van der Waals surface area contributed by atoms with Gasteiger partial charge in [-0.05, 0) is 48.6 Å². The van der Waals surface area contributed by atoms with E-state index in [1.807, 2.05) is 30.3 Å². The van der Waals surface area contributed by atoms with E-state index in [0.29, 0.717) is 6.54 Å². The molecule has 2 aromatic rings. The molecule has 0 amide bonds. The van der Waals surface area contributed by atoms with Crippen LogP contribution in [0.25, 0.3) is 10.8 Å². The molecule has 1 unspecified atom stereocenters. The van der Waals surface area contributed by atoms with Crippen LogP contribution in [0, 0.1) is 5.41 Å². The van der Waals surface area contributed by atoms with Gasteiger partial charge in [0.1, 0.15) is 18.5 Å². The first kappa shape index (κ1) is 21.8. The zero-order valence-corrected chi connectivity index (χ0v) is 16.8. The minimum Gasteiger partial charge on any atom is -0.491 e. The molecule has 4 heteroatoms. The fourth-order valence-electron chi connectivity index (χ4n) is 3.29. The van der Waals surface area contributed by atoms with E-state index in [2.05, 4.69) is 52.1 Å². The molecule has 0 saturated carbocycles. The zero-order chi connectivity index (χ0) is 17.8. The predicted octanol–water partition coefficient (Wildman–Crippen LogP) is 4.81. The minimum atomic E-state index is -0.532. The van der Waals surface area contributed by atoms with Crippen molar-refractivity contribution >= 4 is 23.2 Å². The summed E-state index contributed by atoms with van der Waals surface area (Å²) in [5.74, 6) is 0.793. The van der Waals surface area contributed by atoms with Crippen LogP contribution in [0.3, 0.4) is 0 Å². The molecule has 0 saturated heterocycles. The van der Waals surface area contributed by atoms with Crippen LogP contribution < -0.4 is 10.1 Å². The monoisotopic (exact) mass is 365 g/mol. The molecule has 0 aliphatic rings. The van der Waals surface area contributed by atoms with Crippen molar-refractivity contribution in [3.63, 3.8) is 0 Å². The van der Waals surface area contributed by atoms with Crippen LogP contribution in [-0.4, -0.2) is 29.9 Å². The van der Waals surface area contributed by atoms with E-state index in [-0.39, 0.29) is 30.0 Å². The summed E-state index contributed by atoms with van der Waals surface area (Å²) in [5, 5.41) is 16.0. The number of rotatable bonds is 7. The molecule has 1 atom stereocenters. The number of β-amino-alcohol motifs (C(OH)–C–C–N with tert-alkyl or cyclic N) is 1.